The van der Waals surface area contributed by atoms with Crippen LogP contribution in [0.25, 0.3) is 10.1 Å². The van der Waals surface area contributed by atoms with Gasteiger partial charge in [0.2, 0.25) is 0 Å². The molecule has 1 aliphatic rings. The highest BCUT2D eigenvalue weighted by atomic mass is 32.1. The van der Waals surface area contributed by atoms with Crippen LogP contribution >= 0.6 is 11.3 Å². The fourth-order valence-electron chi connectivity index (χ4n) is 2.03. The zero-order chi connectivity index (χ0) is 13.1. The Morgan fingerprint density at radius 3 is 3.11 bits per heavy atom. The number of fused-ring (bicyclic) bond motifs is 1. The first-order chi connectivity index (χ1) is 9.31. The molecule has 1 aromatic carbocycles. The second-order valence-electron chi connectivity index (χ2n) is 5.19. The van der Waals surface area contributed by atoms with Crippen molar-refractivity contribution >= 4 is 27.1 Å². The number of aliphatic hydroxyl groups is 1. The third kappa shape index (κ3) is 3.69. The number of ether oxygens (including phenoxy) is 1. The first-order valence-corrected chi connectivity index (χ1v) is 7.66. The number of nitrogens with one attached hydrogen (secondary N) is 1. The minimum absolute atomic E-state index is 0.421. The molecule has 0 spiro atoms. The maximum Gasteiger partial charge on any atom is 0.0945 e. The molecular formula is C15H19NO2S. The molecule has 1 unspecified atom stereocenters. The maximum absolute atomic E-state index is 9.83. The molecule has 0 bridgehead atoms. The smallest absolute Gasteiger partial charge is 0.0945 e. The average Bonchev–Trinajstić information content (AvgIpc) is 3.12. The first-order valence-electron chi connectivity index (χ1n) is 6.78. The van der Waals surface area contributed by atoms with Crippen molar-refractivity contribution in [1.29, 1.82) is 0 Å². The summed E-state index contributed by atoms with van der Waals surface area (Å²) in [4.78, 5) is 0. The number of anilines is 1. The van der Waals surface area contributed by atoms with Crippen molar-refractivity contribution in [2.75, 3.05) is 25.1 Å². The van der Waals surface area contributed by atoms with Gasteiger partial charge in [0.05, 0.1) is 12.7 Å². The second-order valence-corrected chi connectivity index (χ2v) is 6.14. The predicted molar refractivity (Wildman–Crippen MR) is 79.9 cm³/mol. The molecule has 0 radical (unpaired) electrons. The molecule has 1 heterocycles. The van der Waals surface area contributed by atoms with Crippen LogP contribution in [0, 0.1) is 5.92 Å². The molecule has 2 aromatic rings. The summed E-state index contributed by atoms with van der Waals surface area (Å²) >= 11 is 1.74. The van der Waals surface area contributed by atoms with E-state index in [2.05, 4.69) is 35.0 Å². The number of hydrogen-bond donors (Lipinski definition) is 2. The molecule has 3 nitrogen and oxygen atoms in total. The Morgan fingerprint density at radius 1 is 1.37 bits per heavy atom. The lowest BCUT2D eigenvalue weighted by Gasteiger charge is -2.13. The van der Waals surface area contributed by atoms with E-state index in [4.69, 9.17) is 4.74 Å². The standard InChI is InChI=1S/C15H19NO2S/c17-14(10-18-9-11-1-2-11)8-16-13-3-4-15-12(7-13)5-6-19-15/h3-7,11,14,16-17H,1-2,8-10H2. The van der Waals surface area contributed by atoms with Crippen LogP contribution in [-0.4, -0.2) is 31.0 Å². The molecule has 0 aliphatic heterocycles. The van der Waals surface area contributed by atoms with Gasteiger partial charge in [0, 0.05) is 23.5 Å². The minimum atomic E-state index is -0.447. The lowest BCUT2D eigenvalue weighted by atomic mass is 10.2. The van der Waals surface area contributed by atoms with Crippen molar-refractivity contribution < 1.29 is 9.84 Å². The molecule has 1 fully saturated rings. The Kier molecular flexibility index (Phi) is 4.01. The van der Waals surface area contributed by atoms with E-state index >= 15 is 0 Å². The fourth-order valence-corrected chi connectivity index (χ4v) is 2.80. The van der Waals surface area contributed by atoms with Gasteiger partial charge < -0.3 is 15.2 Å². The van der Waals surface area contributed by atoms with E-state index in [0.717, 1.165) is 18.2 Å². The van der Waals surface area contributed by atoms with E-state index in [1.54, 1.807) is 11.3 Å². The van der Waals surface area contributed by atoms with E-state index in [1.807, 2.05) is 0 Å². The molecule has 19 heavy (non-hydrogen) atoms. The Morgan fingerprint density at radius 2 is 2.26 bits per heavy atom. The Hall–Kier alpha value is -1.10. The lowest BCUT2D eigenvalue weighted by Crippen LogP contribution is -2.25. The fraction of sp³-hybridized carbons (Fsp3) is 0.467. The minimum Gasteiger partial charge on any atom is -0.389 e. The van der Waals surface area contributed by atoms with Gasteiger partial charge in [-0.1, -0.05) is 0 Å². The summed E-state index contributed by atoms with van der Waals surface area (Å²) in [6.45, 7) is 1.75. The van der Waals surface area contributed by atoms with Gasteiger partial charge in [-0.05, 0) is 53.8 Å². The van der Waals surface area contributed by atoms with Gasteiger partial charge in [0.1, 0.15) is 0 Å². The van der Waals surface area contributed by atoms with Crippen LogP contribution in [0.4, 0.5) is 5.69 Å². The number of thiophene rings is 1. The number of aliphatic hydroxyl groups excluding tert-OH is 1. The van der Waals surface area contributed by atoms with Crippen molar-refractivity contribution in [1.82, 2.24) is 0 Å². The summed E-state index contributed by atoms with van der Waals surface area (Å²) in [5.41, 5.74) is 1.05. The van der Waals surface area contributed by atoms with E-state index < -0.39 is 6.10 Å². The van der Waals surface area contributed by atoms with Gasteiger partial charge >= 0.3 is 0 Å². The van der Waals surface area contributed by atoms with E-state index in [-0.39, 0.29) is 0 Å². The van der Waals surface area contributed by atoms with Crippen LogP contribution < -0.4 is 5.32 Å². The Labute approximate surface area is 117 Å². The monoisotopic (exact) mass is 277 g/mol. The largest absolute Gasteiger partial charge is 0.389 e. The van der Waals surface area contributed by atoms with Gasteiger partial charge in [0.25, 0.3) is 0 Å². The van der Waals surface area contributed by atoms with Crippen molar-refractivity contribution in [3.63, 3.8) is 0 Å². The van der Waals surface area contributed by atoms with E-state index in [9.17, 15) is 5.11 Å². The predicted octanol–water partition coefficient (Wildman–Crippen LogP) is 3.10. The molecule has 1 aliphatic carbocycles. The van der Waals surface area contributed by atoms with Crippen LogP contribution in [0.3, 0.4) is 0 Å². The van der Waals surface area contributed by atoms with Crippen molar-refractivity contribution in [2.45, 2.75) is 18.9 Å². The zero-order valence-corrected chi connectivity index (χ0v) is 11.7. The highest BCUT2D eigenvalue weighted by Crippen LogP contribution is 2.28. The first kappa shape index (κ1) is 12.9. The Balaban J connectivity index is 1.44. The molecule has 0 amide bonds. The van der Waals surface area contributed by atoms with Crippen molar-refractivity contribution in [2.24, 2.45) is 5.92 Å². The summed E-state index contributed by atoms with van der Waals surface area (Å²) in [5, 5.41) is 16.4. The third-order valence-corrected chi connectivity index (χ3v) is 4.25. The summed E-state index contributed by atoms with van der Waals surface area (Å²) in [6.07, 6.45) is 2.13. The normalized spacial score (nSPS) is 16.7. The van der Waals surface area contributed by atoms with Crippen LogP contribution in [0.5, 0.6) is 0 Å². The van der Waals surface area contributed by atoms with Crippen molar-refractivity contribution in [3.8, 4) is 0 Å². The third-order valence-electron chi connectivity index (χ3n) is 3.35. The summed E-state index contributed by atoms with van der Waals surface area (Å²) in [7, 11) is 0. The van der Waals surface area contributed by atoms with Crippen LogP contribution in [0.2, 0.25) is 0 Å². The SMILES string of the molecule is OC(CNc1ccc2sccc2c1)COCC1CC1. The van der Waals surface area contributed by atoms with Crippen LogP contribution in [0.15, 0.2) is 29.6 Å². The van der Waals surface area contributed by atoms with E-state index in [1.165, 1.54) is 22.9 Å². The van der Waals surface area contributed by atoms with Gasteiger partial charge in [0.15, 0.2) is 0 Å². The topological polar surface area (TPSA) is 41.5 Å². The highest BCUT2D eigenvalue weighted by Gasteiger charge is 2.21. The second kappa shape index (κ2) is 5.90. The van der Waals surface area contributed by atoms with E-state index in [0.29, 0.717) is 13.2 Å². The summed E-state index contributed by atoms with van der Waals surface area (Å²) < 4.78 is 6.77. The molecule has 2 N–H and O–H groups in total. The molecule has 0 saturated heterocycles. The average molecular weight is 277 g/mol. The number of benzene rings is 1. The molecule has 4 heteroatoms. The zero-order valence-electron chi connectivity index (χ0n) is 10.8. The summed E-state index contributed by atoms with van der Waals surface area (Å²) in [6, 6.07) is 8.39. The summed E-state index contributed by atoms with van der Waals surface area (Å²) in [5.74, 6) is 0.751. The van der Waals surface area contributed by atoms with Gasteiger partial charge in [-0.3, -0.25) is 0 Å². The molecule has 102 valence electrons. The molecule has 3 rings (SSSR count). The Bertz CT molecular complexity index is 536. The molecule has 1 atom stereocenters. The molecule has 1 aromatic heterocycles. The van der Waals surface area contributed by atoms with Crippen molar-refractivity contribution in [3.05, 3.63) is 29.6 Å². The van der Waals surface area contributed by atoms with Gasteiger partial charge in [-0.2, -0.15) is 0 Å². The van der Waals surface area contributed by atoms with Gasteiger partial charge in [-0.15, -0.1) is 11.3 Å². The number of hydrogen-bond acceptors (Lipinski definition) is 4. The highest BCUT2D eigenvalue weighted by molar-refractivity contribution is 7.17. The molecular weight excluding hydrogens is 258 g/mol. The quantitative estimate of drug-likeness (QED) is 0.817. The lowest BCUT2D eigenvalue weighted by molar-refractivity contribution is 0.0386. The number of rotatable bonds is 7. The van der Waals surface area contributed by atoms with Crippen LogP contribution in [0.1, 0.15) is 12.8 Å². The maximum atomic E-state index is 9.83. The van der Waals surface area contributed by atoms with Crippen LogP contribution in [-0.2, 0) is 4.74 Å². The van der Waals surface area contributed by atoms with Gasteiger partial charge in [-0.25, -0.2) is 0 Å². The molecule has 1 saturated carbocycles.